The molecule has 1 aromatic carbocycles. The smallest absolute Gasteiger partial charge is 0.406 e. The molecule has 0 aliphatic rings. The van der Waals surface area contributed by atoms with Crippen LogP contribution in [0.2, 0.25) is 0 Å². The summed E-state index contributed by atoms with van der Waals surface area (Å²) in [5, 5.41) is 0. The first kappa shape index (κ1) is 15.6. The van der Waals surface area contributed by atoms with Crippen molar-refractivity contribution in [3.8, 4) is 5.75 Å². The maximum atomic E-state index is 12.3. The molecule has 0 unspecified atom stereocenters. The van der Waals surface area contributed by atoms with Crippen LogP contribution in [0.4, 0.5) is 13.2 Å². The van der Waals surface area contributed by atoms with Gasteiger partial charge in [0, 0.05) is 5.92 Å². The van der Waals surface area contributed by atoms with Crippen molar-refractivity contribution >= 4 is 0 Å². The van der Waals surface area contributed by atoms with E-state index < -0.39 is 6.36 Å². The van der Waals surface area contributed by atoms with Crippen molar-refractivity contribution in [2.45, 2.75) is 39.5 Å². The molecule has 0 fully saturated rings. The summed E-state index contributed by atoms with van der Waals surface area (Å²) >= 11 is 0. The molecule has 4 heteroatoms. The summed E-state index contributed by atoms with van der Waals surface area (Å²) in [5.74, 6) is 0.655. The largest absolute Gasteiger partial charge is 0.573 e. The molecule has 1 nitrogen and oxygen atoms in total. The minimum Gasteiger partial charge on any atom is -0.406 e. The molecule has 0 bridgehead atoms. The van der Waals surface area contributed by atoms with Crippen LogP contribution in [0.15, 0.2) is 30.9 Å². The van der Waals surface area contributed by atoms with Crippen LogP contribution in [-0.2, 0) is 6.42 Å². The van der Waals surface area contributed by atoms with Crippen LogP contribution in [0.25, 0.3) is 0 Å². The molecule has 0 aliphatic carbocycles. The predicted octanol–water partition coefficient (Wildman–Crippen LogP) is 5.06. The SMILES string of the molecule is C=C[C](C)c1cc(CCCC)cc(OC(F)(F)F)c1. The molecule has 19 heavy (non-hydrogen) atoms. The lowest BCUT2D eigenvalue weighted by molar-refractivity contribution is -0.274. The number of hydrogen-bond acceptors (Lipinski definition) is 1. The Hall–Kier alpha value is -1.45. The summed E-state index contributed by atoms with van der Waals surface area (Å²) < 4.78 is 40.9. The monoisotopic (exact) mass is 271 g/mol. The maximum Gasteiger partial charge on any atom is 0.573 e. The maximum absolute atomic E-state index is 12.3. The Morgan fingerprint density at radius 1 is 1.32 bits per heavy atom. The lowest BCUT2D eigenvalue weighted by atomic mass is 9.97. The molecule has 0 amide bonds. The van der Waals surface area contributed by atoms with E-state index in [9.17, 15) is 13.2 Å². The Morgan fingerprint density at radius 2 is 2.00 bits per heavy atom. The van der Waals surface area contributed by atoms with E-state index in [0.717, 1.165) is 30.7 Å². The van der Waals surface area contributed by atoms with Crippen LogP contribution in [0, 0.1) is 5.92 Å². The highest BCUT2D eigenvalue weighted by atomic mass is 19.4. The summed E-state index contributed by atoms with van der Waals surface area (Å²) in [6.45, 7) is 7.48. The van der Waals surface area contributed by atoms with Crippen molar-refractivity contribution < 1.29 is 17.9 Å². The Balaban J connectivity index is 3.04. The van der Waals surface area contributed by atoms with Gasteiger partial charge in [-0.1, -0.05) is 32.4 Å². The van der Waals surface area contributed by atoms with Crippen LogP contribution in [0.3, 0.4) is 0 Å². The fourth-order valence-electron chi connectivity index (χ4n) is 1.72. The van der Waals surface area contributed by atoms with Gasteiger partial charge in [-0.25, -0.2) is 0 Å². The van der Waals surface area contributed by atoms with E-state index in [2.05, 4.69) is 11.3 Å². The topological polar surface area (TPSA) is 9.23 Å². The highest BCUT2D eigenvalue weighted by molar-refractivity contribution is 5.43. The lowest BCUT2D eigenvalue weighted by Crippen LogP contribution is -2.17. The predicted molar refractivity (Wildman–Crippen MR) is 70.0 cm³/mol. The Bertz CT molecular complexity index is 424. The number of rotatable bonds is 6. The van der Waals surface area contributed by atoms with Crippen molar-refractivity contribution in [3.05, 3.63) is 47.9 Å². The second-order valence-corrected chi connectivity index (χ2v) is 4.40. The molecule has 0 N–H and O–H groups in total. The highest BCUT2D eigenvalue weighted by Crippen LogP contribution is 2.28. The van der Waals surface area contributed by atoms with E-state index in [0.29, 0.717) is 5.56 Å². The van der Waals surface area contributed by atoms with E-state index in [-0.39, 0.29) is 5.75 Å². The zero-order valence-electron chi connectivity index (χ0n) is 11.2. The van der Waals surface area contributed by atoms with E-state index in [4.69, 9.17) is 0 Å². The average Bonchev–Trinajstić information content (AvgIpc) is 2.33. The first-order chi connectivity index (χ1) is 8.85. The lowest BCUT2D eigenvalue weighted by Gasteiger charge is -2.14. The normalized spacial score (nSPS) is 11.7. The fourth-order valence-corrected chi connectivity index (χ4v) is 1.72. The van der Waals surface area contributed by atoms with Gasteiger partial charge in [-0.15, -0.1) is 19.8 Å². The molecule has 105 valence electrons. The third kappa shape index (κ3) is 5.37. The van der Waals surface area contributed by atoms with Crippen molar-refractivity contribution in [2.75, 3.05) is 0 Å². The number of hydrogen-bond donors (Lipinski definition) is 0. The minimum atomic E-state index is -4.66. The number of halogens is 3. The van der Waals surface area contributed by atoms with Gasteiger partial charge in [0.25, 0.3) is 0 Å². The molecule has 1 aromatic rings. The first-order valence-electron chi connectivity index (χ1n) is 6.21. The molecule has 0 aromatic heterocycles. The van der Waals surface area contributed by atoms with E-state index in [1.54, 1.807) is 6.08 Å². The molecule has 1 rings (SSSR count). The van der Waals surface area contributed by atoms with Gasteiger partial charge in [0.2, 0.25) is 0 Å². The Kier molecular flexibility index (Phi) is 5.45. The van der Waals surface area contributed by atoms with Crippen LogP contribution in [-0.4, -0.2) is 6.36 Å². The molecular formula is C15H18F3O. The van der Waals surface area contributed by atoms with E-state index in [1.807, 2.05) is 19.9 Å². The van der Waals surface area contributed by atoms with Crippen molar-refractivity contribution in [2.24, 2.45) is 0 Å². The van der Waals surface area contributed by atoms with Gasteiger partial charge in [0.15, 0.2) is 0 Å². The van der Waals surface area contributed by atoms with Gasteiger partial charge in [-0.05, 0) is 36.1 Å². The zero-order valence-corrected chi connectivity index (χ0v) is 11.2. The standard InChI is InChI=1S/C15H18F3O/c1-4-6-7-12-8-13(11(3)5-2)10-14(9-12)19-15(16,17)18/h5,8-10H,2,4,6-7H2,1,3H3. The van der Waals surface area contributed by atoms with E-state index >= 15 is 0 Å². The molecule has 0 saturated carbocycles. The number of aryl methyl sites for hydroxylation is 1. The van der Waals surface area contributed by atoms with Gasteiger partial charge in [0.05, 0.1) is 0 Å². The number of unbranched alkanes of at least 4 members (excludes halogenated alkanes) is 1. The number of ether oxygens (including phenoxy) is 1. The van der Waals surface area contributed by atoms with Gasteiger partial charge >= 0.3 is 6.36 Å². The van der Waals surface area contributed by atoms with Crippen LogP contribution < -0.4 is 4.74 Å². The van der Waals surface area contributed by atoms with Gasteiger partial charge in [-0.3, -0.25) is 0 Å². The van der Waals surface area contributed by atoms with Crippen LogP contribution in [0.1, 0.15) is 37.8 Å². The summed E-state index contributed by atoms with van der Waals surface area (Å²) in [7, 11) is 0. The van der Waals surface area contributed by atoms with Crippen LogP contribution in [0.5, 0.6) is 5.75 Å². The first-order valence-corrected chi connectivity index (χ1v) is 6.21. The Labute approximate surface area is 112 Å². The second-order valence-electron chi connectivity index (χ2n) is 4.40. The number of benzene rings is 1. The highest BCUT2D eigenvalue weighted by Gasteiger charge is 2.31. The number of allylic oxidation sites excluding steroid dienone is 1. The molecule has 1 radical (unpaired) electrons. The molecule has 0 saturated heterocycles. The van der Waals surface area contributed by atoms with E-state index in [1.165, 1.54) is 12.1 Å². The minimum absolute atomic E-state index is 0.169. The van der Waals surface area contributed by atoms with Gasteiger partial charge in [0.1, 0.15) is 5.75 Å². The average molecular weight is 271 g/mol. The Morgan fingerprint density at radius 3 is 2.53 bits per heavy atom. The third-order valence-corrected chi connectivity index (χ3v) is 2.78. The van der Waals surface area contributed by atoms with Crippen LogP contribution >= 0.6 is 0 Å². The molecule has 0 spiro atoms. The fraction of sp³-hybridized carbons (Fsp3) is 0.400. The molecule has 0 heterocycles. The van der Waals surface area contributed by atoms with Crippen molar-refractivity contribution in [1.29, 1.82) is 0 Å². The molecule has 0 atom stereocenters. The number of alkyl halides is 3. The van der Waals surface area contributed by atoms with Crippen molar-refractivity contribution in [1.82, 2.24) is 0 Å². The summed E-state index contributed by atoms with van der Waals surface area (Å²) in [4.78, 5) is 0. The zero-order chi connectivity index (χ0) is 14.5. The van der Waals surface area contributed by atoms with Gasteiger partial charge in [-0.2, -0.15) is 0 Å². The summed E-state index contributed by atoms with van der Waals surface area (Å²) in [6, 6.07) is 4.72. The summed E-state index contributed by atoms with van der Waals surface area (Å²) in [6.07, 6.45) is -0.381. The van der Waals surface area contributed by atoms with Gasteiger partial charge < -0.3 is 4.74 Å². The quantitative estimate of drug-likeness (QED) is 0.703. The second kappa shape index (κ2) is 6.64. The summed E-state index contributed by atoms with van der Waals surface area (Å²) in [5.41, 5.74) is 1.56. The molecule has 0 aliphatic heterocycles. The third-order valence-electron chi connectivity index (χ3n) is 2.78. The van der Waals surface area contributed by atoms with Crippen molar-refractivity contribution in [3.63, 3.8) is 0 Å². The molecular weight excluding hydrogens is 253 g/mol.